The quantitative estimate of drug-likeness (QED) is 0.878. The van der Waals surface area contributed by atoms with Gasteiger partial charge in [-0.2, -0.15) is 0 Å². The number of aromatic nitrogens is 2. The van der Waals surface area contributed by atoms with Gasteiger partial charge in [0, 0.05) is 11.8 Å². The standard InChI is InChI=1S/C13H16FN3O2S/c1-20(18,19)7-6-11(15)13-16-8-12(17-13)9-4-2-3-5-10(9)14/h2-5,8,11H,6-7,15H2,1H3,(H,16,17). The molecule has 1 aromatic heterocycles. The fourth-order valence-corrected chi connectivity index (χ4v) is 2.50. The molecule has 1 atom stereocenters. The molecular formula is C13H16FN3O2S. The van der Waals surface area contributed by atoms with E-state index in [9.17, 15) is 12.8 Å². The van der Waals surface area contributed by atoms with Crippen LogP contribution >= 0.6 is 0 Å². The summed E-state index contributed by atoms with van der Waals surface area (Å²) in [5, 5.41) is 0. The van der Waals surface area contributed by atoms with E-state index in [1.54, 1.807) is 18.2 Å². The Morgan fingerprint density at radius 1 is 1.40 bits per heavy atom. The molecule has 0 fully saturated rings. The molecule has 0 spiro atoms. The first-order chi connectivity index (χ1) is 9.37. The van der Waals surface area contributed by atoms with Gasteiger partial charge in [-0.05, 0) is 18.6 Å². The van der Waals surface area contributed by atoms with E-state index in [0.717, 1.165) is 6.26 Å². The maximum Gasteiger partial charge on any atom is 0.147 e. The molecule has 2 aromatic rings. The zero-order valence-electron chi connectivity index (χ0n) is 11.0. The number of benzene rings is 1. The van der Waals surface area contributed by atoms with E-state index in [4.69, 9.17) is 5.73 Å². The van der Waals surface area contributed by atoms with Gasteiger partial charge in [-0.1, -0.05) is 12.1 Å². The Bertz CT molecular complexity index is 697. The summed E-state index contributed by atoms with van der Waals surface area (Å²) in [5.74, 6) is 0.0866. The molecule has 2 rings (SSSR count). The number of hydrogen-bond acceptors (Lipinski definition) is 4. The molecule has 1 aromatic carbocycles. The largest absolute Gasteiger partial charge is 0.341 e. The number of sulfone groups is 1. The number of halogens is 1. The molecule has 0 aliphatic carbocycles. The third-order valence-electron chi connectivity index (χ3n) is 2.91. The Hall–Kier alpha value is -1.73. The summed E-state index contributed by atoms with van der Waals surface area (Å²) in [6.45, 7) is 0. The minimum atomic E-state index is -3.06. The molecule has 0 radical (unpaired) electrons. The highest BCUT2D eigenvalue weighted by atomic mass is 32.2. The van der Waals surface area contributed by atoms with Crippen molar-refractivity contribution < 1.29 is 12.8 Å². The predicted molar refractivity (Wildman–Crippen MR) is 75.2 cm³/mol. The van der Waals surface area contributed by atoms with Crippen molar-refractivity contribution in [3.63, 3.8) is 0 Å². The number of nitrogens with zero attached hydrogens (tertiary/aromatic N) is 1. The summed E-state index contributed by atoms with van der Waals surface area (Å²) in [4.78, 5) is 7.03. The molecular weight excluding hydrogens is 281 g/mol. The van der Waals surface area contributed by atoms with Gasteiger partial charge >= 0.3 is 0 Å². The number of imidazole rings is 1. The Balaban J connectivity index is 2.15. The lowest BCUT2D eigenvalue weighted by Gasteiger charge is -2.07. The Morgan fingerprint density at radius 2 is 2.10 bits per heavy atom. The molecule has 0 aliphatic rings. The van der Waals surface area contributed by atoms with Crippen molar-refractivity contribution >= 4 is 9.84 Å². The first-order valence-corrected chi connectivity index (χ1v) is 8.16. The van der Waals surface area contributed by atoms with Gasteiger partial charge in [0.05, 0.1) is 23.7 Å². The molecule has 20 heavy (non-hydrogen) atoms. The molecule has 108 valence electrons. The van der Waals surface area contributed by atoms with Gasteiger partial charge in [0.25, 0.3) is 0 Å². The van der Waals surface area contributed by atoms with Crippen LogP contribution in [-0.4, -0.2) is 30.4 Å². The lowest BCUT2D eigenvalue weighted by molar-refractivity contribution is 0.588. The van der Waals surface area contributed by atoms with E-state index in [-0.39, 0.29) is 18.0 Å². The van der Waals surface area contributed by atoms with E-state index in [1.165, 1.54) is 12.3 Å². The van der Waals surface area contributed by atoms with Crippen LogP contribution in [0.15, 0.2) is 30.5 Å². The summed E-state index contributed by atoms with van der Waals surface area (Å²) < 4.78 is 35.8. The van der Waals surface area contributed by atoms with Crippen LogP contribution in [-0.2, 0) is 9.84 Å². The maximum absolute atomic E-state index is 13.6. The summed E-state index contributed by atoms with van der Waals surface area (Å²) in [7, 11) is -3.06. The van der Waals surface area contributed by atoms with Crippen molar-refractivity contribution in [2.24, 2.45) is 5.73 Å². The van der Waals surface area contributed by atoms with Crippen LogP contribution in [0.1, 0.15) is 18.3 Å². The minimum Gasteiger partial charge on any atom is -0.341 e. The molecule has 0 aliphatic heterocycles. The highest BCUT2D eigenvalue weighted by Crippen LogP contribution is 2.22. The van der Waals surface area contributed by atoms with Gasteiger partial charge in [0.2, 0.25) is 0 Å². The highest BCUT2D eigenvalue weighted by molar-refractivity contribution is 7.90. The van der Waals surface area contributed by atoms with Crippen molar-refractivity contribution in [1.82, 2.24) is 9.97 Å². The van der Waals surface area contributed by atoms with Crippen LogP contribution < -0.4 is 5.73 Å². The molecule has 1 unspecified atom stereocenters. The number of nitrogens with two attached hydrogens (primary N) is 1. The zero-order chi connectivity index (χ0) is 14.8. The van der Waals surface area contributed by atoms with Gasteiger partial charge in [0.1, 0.15) is 21.5 Å². The van der Waals surface area contributed by atoms with Crippen molar-refractivity contribution in [1.29, 1.82) is 0 Å². The first-order valence-electron chi connectivity index (χ1n) is 6.10. The van der Waals surface area contributed by atoms with E-state index < -0.39 is 15.9 Å². The Morgan fingerprint density at radius 3 is 2.75 bits per heavy atom. The van der Waals surface area contributed by atoms with Gasteiger partial charge < -0.3 is 10.7 Å². The van der Waals surface area contributed by atoms with Crippen molar-refractivity contribution in [3.05, 3.63) is 42.1 Å². The lowest BCUT2D eigenvalue weighted by atomic mass is 10.1. The molecule has 7 heteroatoms. The lowest BCUT2D eigenvalue weighted by Crippen LogP contribution is -2.16. The second-order valence-electron chi connectivity index (χ2n) is 4.69. The van der Waals surface area contributed by atoms with Crippen LogP contribution in [0.25, 0.3) is 11.3 Å². The van der Waals surface area contributed by atoms with Crippen molar-refractivity contribution in [2.45, 2.75) is 12.5 Å². The number of rotatable bonds is 5. The summed E-state index contributed by atoms with van der Waals surface area (Å²) >= 11 is 0. The average molecular weight is 297 g/mol. The van der Waals surface area contributed by atoms with Gasteiger partial charge in [-0.3, -0.25) is 0 Å². The maximum atomic E-state index is 13.6. The van der Waals surface area contributed by atoms with Gasteiger partial charge in [0.15, 0.2) is 0 Å². The molecule has 0 saturated heterocycles. The fraction of sp³-hybridized carbons (Fsp3) is 0.308. The van der Waals surface area contributed by atoms with Gasteiger partial charge in [-0.15, -0.1) is 0 Å². The van der Waals surface area contributed by atoms with E-state index in [0.29, 0.717) is 17.1 Å². The molecule has 5 nitrogen and oxygen atoms in total. The Kier molecular flexibility index (Phi) is 4.20. The Labute approximate surface area is 117 Å². The van der Waals surface area contributed by atoms with Crippen LogP contribution in [0, 0.1) is 5.82 Å². The van der Waals surface area contributed by atoms with Crippen molar-refractivity contribution in [2.75, 3.05) is 12.0 Å². The first kappa shape index (κ1) is 14.7. The summed E-state index contributed by atoms with van der Waals surface area (Å²) in [5.41, 5.74) is 6.81. The van der Waals surface area contributed by atoms with E-state index in [1.807, 2.05) is 0 Å². The number of nitrogens with one attached hydrogen (secondary N) is 1. The summed E-state index contributed by atoms with van der Waals surface area (Å²) in [6.07, 6.45) is 2.92. The smallest absolute Gasteiger partial charge is 0.147 e. The number of aromatic amines is 1. The second-order valence-corrected chi connectivity index (χ2v) is 6.95. The molecule has 0 bridgehead atoms. The third-order valence-corrected chi connectivity index (χ3v) is 3.89. The van der Waals surface area contributed by atoms with Crippen molar-refractivity contribution in [3.8, 4) is 11.3 Å². The normalized spacial score (nSPS) is 13.3. The van der Waals surface area contributed by atoms with Crippen LogP contribution in [0.4, 0.5) is 4.39 Å². The monoisotopic (exact) mass is 297 g/mol. The van der Waals surface area contributed by atoms with E-state index in [2.05, 4.69) is 9.97 Å². The zero-order valence-corrected chi connectivity index (χ0v) is 11.8. The summed E-state index contributed by atoms with van der Waals surface area (Å²) in [6, 6.07) is 5.80. The topological polar surface area (TPSA) is 88.8 Å². The van der Waals surface area contributed by atoms with Crippen LogP contribution in [0.5, 0.6) is 0 Å². The second kappa shape index (κ2) is 5.72. The minimum absolute atomic E-state index is 0.0100. The van der Waals surface area contributed by atoms with Crippen LogP contribution in [0.2, 0.25) is 0 Å². The van der Waals surface area contributed by atoms with Crippen LogP contribution in [0.3, 0.4) is 0 Å². The third kappa shape index (κ3) is 3.64. The van der Waals surface area contributed by atoms with E-state index >= 15 is 0 Å². The fourth-order valence-electron chi connectivity index (χ4n) is 1.82. The van der Waals surface area contributed by atoms with Gasteiger partial charge in [-0.25, -0.2) is 17.8 Å². The SMILES string of the molecule is CS(=O)(=O)CCC(N)c1ncc(-c2ccccc2F)[nH]1. The molecule has 3 N–H and O–H groups in total. The predicted octanol–water partition coefficient (Wildman–Crippen LogP) is 1.65. The average Bonchev–Trinajstić information content (AvgIpc) is 2.85. The molecule has 0 amide bonds. The number of hydrogen-bond donors (Lipinski definition) is 2. The number of H-pyrrole nitrogens is 1. The molecule has 0 saturated carbocycles. The highest BCUT2D eigenvalue weighted by Gasteiger charge is 2.15. The molecule has 1 heterocycles.